The summed E-state index contributed by atoms with van der Waals surface area (Å²) in [7, 11) is 3.07. The first-order chi connectivity index (χ1) is 13.5. The Morgan fingerprint density at radius 3 is 2.68 bits per heavy atom. The van der Waals surface area contributed by atoms with E-state index in [1.807, 2.05) is 19.1 Å². The number of carbonyl (C=O) groups is 1. The molecule has 3 rings (SSSR count). The molecule has 0 aliphatic carbocycles. The SMILES string of the molecule is COc1cccc(C=CC(=O)OCc2cc(=O)oc3cc(C)ccc23)c1OC. The summed E-state index contributed by atoms with van der Waals surface area (Å²) in [6.07, 6.45) is 2.89. The topological polar surface area (TPSA) is 75.0 Å². The number of hydrogen-bond acceptors (Lipinski definition) is 6. The third-order valence-electron chi connectivity index (χ3n) is 4.19. The first-order valence-corrected chi connectivity index (χ1v) is 8.61. The second-order valence-electron chi connectivity index (χ2n) is 6.11. The fourth-order valence-electron chi connectivity index (χ4n) is 2.85. The number of para-hydroxylation sites is 1. The fraction of sp³-hybridized carbons (Fsp3) is 0.182. The van der Waals surface area contributed by atoms with Crippen LogP contribution in [0.25, 0.3) is 17.0 Å². The molecule has 0 radical (unpaired) electrons. The summed E-state index contributed by atoms with van der Waals surface area (Å²) in [6.45, 7) is 1.87. The molecule has 6 heteroatoms. The predicted molar refractivity (Wildman–Crippen MR) is 106 cm³/mol. The van der Waals surface area contributed by atoms with E-state index in [-0.39, 0.29) is 6.61 Å². The van der Waals surface area contributed by atoms with E-state index in [2.05, 4.69) is 0 Å². The molecular formula is C22H20O6. The van der Waals surface area contributed by atoms with Crippen molar-refractivity contribution < 1.29 is 23.4 Å². The van der Waals surface area contributed by atoms with Crippen LogP contribution < -0.4 is 15.1 Å². The average Bonchev–Trinajstić information content (AvgIpc) is 2.69. The lowest BCUT2D eigenvalue weighted by Crippen LogP contribution is -2.05. The van der Waals surface area contributed by atoms with Crippen molar-refractivity contribution in [1.82, 2.24) is 0 Å². The molecule has 3 aromatic rings. The van der Waals surface area contributed by atoms with Gasteiger partial charge in [0, 0.05) is 28.7 Å². The molecule has 0 amide bonds. The maximum atomic E-state index is 12.1. The minimum Gasteiger partial charge on any atom is -0.493 e. The molecule has 0 spiro atoms. The molecular weight excluding hydrogens is 360 g/mol. The number of esters is 1. The van der Waals surface area contributed by atoms with Gasteiger partial charge < -0.3 is 18.6 Å². The third kappa shape index (κ3) is 4.23. The van der Waals surface area contributed by atoms with Crippen molar-refractivity contribution in [3.05, 3.63) is 75.7 Å². The quantitative estimate of drug-likeness (QED) is 0.367. The summed E-state index contributed by atoms with van der Waals surface area (Å²) in [5, 5.41) is 0.733. The highest BCUT2D eigenvalue weighted by Gasteiger charge is 2.10. The van der Waals surface area contributed by atoms with E-state index in [9.17, 15) is 9.59 Å². The van der Waals surface area contributed by atoms with Gasteiger partial charge >= 0.3 is 11.6 Å². The molecule has 0 atom stereocenters. The predicted octanol–water partition coefficient (Wildman–Crippen LogP) is 3.88. The number of ether oxygens (including phenoxy) is 3. The van der Waals surface area contributed by atoms with Crippen molar-refractivity contribution in [3.8, 4) is 11.5 Å². The van der Waals surface area contributed by atoms with E-state index < -0.39 is 11.6 Å². The van der Waals surface area contributed by atoms with E-state index in [1.165, 1.54) is 19.3 Å². The number of benzene rings is 2. The highest BCUT2D eigenvalue weighted by atomic mass is 16.5. The molecule has 1 heterocycles. The van der Waals surface area contributed by atoms with E-state index in [0.29, 0.717) is 28.2 Å². The molecule has 0 aliphatic rings. The third-order valence-corrected chi connectivity index (χ3v) is 4.19. The molecule has 6 nitrogen and oxygen atoms in total. The minimum atomic E-state index is -0.543. The Bertz CT molecular complexity index is 1090. The smallest absolute Gasteiger partial charge is 0.336 e. The van der Waals surface area contributed by atoms with Crippen LogP contribution >= 0.6 is 0 Å². The van der Waals surface area contributed by atoms with Crippen LogP contribution in [0.2, 0.25) is 0 Å². The van der Waals surface area contributed by atoms with Crippen LogP contribution in [0.5, 0.6) is 11.5 Å². The summed E-state index contributed by atoms with van der Waals surface area (Å²) in [5.74, 6) is 0.547. The number of methoxy groups -OCH3 is 2. The first-order valence-electron chi connectivity index (χ1n) is 8.61. The summed E-state index contributed by atoms with van der Waals surface area (Å²) in [6, 6.07) is 12.2. The molecule has 1 aromatic heterocycles. The lowest BCUT2D eigenvalue weighted by molar-refractivity contribution is -0.138. The molecule has 0 aliphatic heterocycles. The van der Waals surface area contributed by atoms with Crippen LogP contribution in [0.3, 0.4) is 0 Å². The first kappa shape index (κ1) is 19.2. The van der Waals surface area contributed by atoms with Crippen LogP contribution in [0.15, 0.2) is 57.8 Å². The second kappa shape index (κ2) is 8.43. The monoisotopic (exact) mass is 380 g/mol. The summed E-state index contributed by atoms with van der Waals surface area (Å²) in [4.78, 5) is 23.9. The van der Waals surface area contributed by atoms with Gasteiger partial charge in [0.15, 0.2) is 11.5 Å². The zero-order valence-corrected chi connectivity index (χ0v) is 15.9. The van der Waals surface area contributed by atoms with Crippen LogP contribution in [0, 0.1) is 6.92 Å². The number of hydrogen-bond donors (Lipinski definition) is 0. The summed E-state index contributed by atoms with van der Waals surface area (Å²) < 4.78 is 21.1. The second-order valence-corrected chi connectivity index (χ2v) is 6.11. The van der Waals surface area contributed by atoms with Crippen molar-refractivity contribution in [2.24, 2.45) is 0 Å². The maximum absolute atomic E-state index is 12.1. The average molecular weight is 380 g/mol. The molecule has 0 saturated carbocycles. The van der Waals surface area contributed by atoms with Crippen molar-refractivity contribution in [2.45, 2.75) is 13.5 Å². The van der Waals surface area contributed by atoms with Gasteiger partial charge in [0.2, 0.25) is 0 Å². The van der Waals surface area contributed by atoms with Crippen molar-refractivity contribution in [1.29, 1.82) is 0 Å². The molecule has 0 unspecified atom stereocenters. The Kier molecular flexibility index (Phi) is 5.79. The van der Waals surface area contributed by atoms with Crippen LogP contribution in [-0.4, -0.2) is 20.2 Å². The van der Waals surface area contributed by atoms with Gasteiger partial charge in [-0.25, -0.2) is 9.59 Å². The van der Waals surface area contributed by atoms with Gasteiger partial charge in [-0.1, -0.05) is 24.3 Å². The molecule has 0 N–H and O–H groups in total. The standard InChI is InChI=1S/C22H20O6/c1-14-7-9-17-16(12-21(24)28-19(17)11-14)13-27-20(23)10-8-15-5-4-6-18(25-2)22(15)26-3/h4-12H,13H2,1-3H3. The number of rotatable bonds is 6. The Morgan fingerprint density at radius 2 is 1.93 bits per heavy atom. The normalized spacial score (nSPS) is 11.0. The van der Waals surface area contributed by atoms with E-state index in [0.717, 1.165) is 10.9 Å². The van der Waals surface area contributed by atoms with Gasteiger partial charge in [0.05, 0.1) is 14.2 Å². The zero-order valence-electron chi connectivity index (χ0n) is 15.9. The zero-order chi connectivity index (χ0) is 20.1. The summed E-state index contributed by atoms with van der Waals surface area (Å²) >= 11 is 0. The molecule has 144 valence electrons. The number of carbonyl (C=O) groups excluding carboxylic acids is 1. The van der Waals surface area contributed by atoms with Crippen molar-refractivity contribution >= 4 is 23.0 Å². The van der Waals surface area contributed by atoms with Gasteiger partial charge in [-0.2, -0.15) is 0 Å². The van der Waals surface area contributed by atoms with E-state index >= 15 is 0 Å². The fourth-order valence-corrected chi connectivity index (χ4v) is 2.85. The Labute approximate surface area is 162 Å². The highest BCUT2D eigenvalue weighted by Crippen LogP contribution is 2.31. The molecule has 28 heavy (non-hydrogen) atoms. The Hall–Kier alpha value is -3.54. The van der Waals surface area contributed by atoms with Gasteiger partial charge in [-0.05, 0) is 30.7 Å². The van der Waals surface area contributed by atoms with Crippen LogP contribution in [-0.2, 0) is 16.1 Å². The number of aryl methyl sites for hydroxylation is 1. The van der Waals surface area contributed by atoms with Crippen molar-refractivity contribution in [2.75, 3.05) is 14.2 Å². The lowest BCUT2D eigenvalue weighted by atomic mass is 10.1. The van der Waals surface area contributed by atoms with E-state index in [1.54, 1.807) is 37.5 Å². The van der Waals surface area contributed by atoms with Crippen molar-refractivity contribution in [3.63, 3.8) is 0 Å². The van der Waals surface area contributed by atoms with Gasteiger partial charge in [0.25, 0.3) is 0 Å². The molecule has 0 saturated heterocycles. The van der Waals surface area contributed by atoms with Crippen LogP contribution in [0.4, 0.5) is 0 Å². The highest BCUT2D eigenvalue weighted by molar-refractivity contribution is 5.88. The van der Waals surface area contributed by atoms with E-state index in [4.69, 9.17) is 18.6 Å². The Balaban J connectivity index is 1.76. The molecule has 2 aromatic carbocycles. The Morgan fingerprint density at radius 1 is 1.11 bits per heavy atom. The maximum Gasteiger partial charge on any atom is 0.336 e. The number of fused-ring (bicyclic) bond motifs is 1. The van der Waals surface area contributed by atoms with Gasteiger partial charge in [-0.15, -0.1) is 0 Å². The van der Waals surface area contributed by atoms with Gasteiger partial charge in [0.1, 0.15) is 12.2 Å². The van der Waals surface area contributed by atoms with Gasteiger partial charge in [-0.3, -0.25) is 0 Å². The largest absolute Gasteiger partial charge is 0.493 e. The minimum absolute atomic E-state index is 0.0381. The van der Waals surface area contributed by atoms with Crippen LogP contribution in [0.1, 0.15) is 16.7 Å². The lowest BCUT2D eigenvalue weighted by Gasteiger charge is -2.10. The molecule has 0 fully saturated rings. The molecule has 0 bridgehead atoms. The summed E-state index contributed by atoms with van der Waals surface area (Å²) in [5.41, 5.74) is 2.23.